The summed E-state index contributed by atoms with van der Waals surface area (Å²) in [6.45, 7) is 16.7. The van der Waals surface area contributed by atoms with Crippen molar-refractivity contribution in [3.8, 4) is 0 Å². The van der Waals surface area contributed by atoms with Crippen molar-refractivity contribution >= 4 is 44.7 Å². The minimum Gasteiger partial charge on any atom is -0.363 e. The van der Waals surface area contributed by atoms with Gasteiger partial charge in [0.2, 0.25) is 0 Å². The van der Waals surface area contributed by atoms with Gasteiger partial charge in [-0.15, -0.1) is 21.8 Å². The van der Waals surface area contributed by atoms with E-state index in [4.69, 9.17) is 0 Å². The summed E-state index contributed by atoms with van der Waals surface area (Å²) in [4.78, 5) is 0. The molecule has 74 valence electrons. The summed E-state index contributed by atoms with van der Waals surface area (Å²) in [5, 5.41) is 0. The molecule has 0 saturated carbocycles. The zero-order valence-corrected chi connectivity index (χ0v) is 14.7. The Hall–Kier alpha value is 1.34. The van der Waals surface area contributed by atoms with Gasteiger partial charge < -0.3 is 3.90 Å². The highest BCUT2D eigenvalue weighted by atomic mass is 127. The van der Waals surface area contributed by atoms with Crippen LogP contribution in [0.15, 0.2) is 0 Å². The minimum atomic E-state index is -1.04. The highest BCUT2D eigenvalue weighted by Crippen LogP contribution is 2.23. The molecule has 0 aliphatic carbocycles. The molecule has 0 spiro atoms. The first-order chi connectivity index (χ1) is 5.07. The molecule has 5 heteroatoms. The van der Waals surface area contributed by atoms with Crippen molar-refractivity contribution in [1.29, 1.82) is 0 Å². The van der Waals surface area contributed by atoms with Crippen LogP contribution in [0.4, 0.5) is 0 Å². The summed E-state index contributed by atoms with van der Waals surface area (Å²) in [6, 6.07) is 0. The molecule has 0 bridgehead atoms. The Balaban J connectivity index is 4.70. The van der Waals surface area contributed by atoms with Crippen molar-refractivity contribution in [2.45, 2.75) is 45.8 Å². The molecule has 0 aromatic rings. The van der Waals surface area contributed by atoms with Crippen LogP contribution < -0.4 is 0 Å². The van der Waals surface area contributed by atoms with Crippen LogP contribution in [0, 0.1) is 0 Å². The Labute approximate surface area is 94.0 Å². The fourth-order valence-electron chi connectivity index (χ4n) is 2.07. The van der Waals surface area contributed by atoms with Crippen molar-refractivity contribution in [3.05, 3.63) is 0 Å². The van der Waals surface area contributed by atoms with E-state index in [1.54, 1.807) is 0 Å². The van der Waals surface area contributed by atoms with E-state index in [1.807, 2.05) is 0 Å². The van der Waals surface area contributed by atoms with Gasteiger partial charge >= 0.3 is 0 Å². The largest absolute Gasteiger partial charge is 0.363 e. The van der Waals surface area contributed by atoms with E-state index in [-0.39, 0.29) is 0 Å². The molecule has 12 heavy (non-hydrogen) atoms. The lowest BCUT2D eigenvalue weighted by atomic mass is 11.8. The number of hydrogen-bond donors (Lipinski definition) is 0. The van der Waals surface area contributed by atoms with E-state index in [2.05, 4.69) is 71.5 Å². The molecule has 0 saturated heterocycles. The molecule has 0 aromatic heterocycles. The van der Waals surface area contributed by atoms with Crippen LogP contribution in [0.3, 0.4) is 0 Å². The average molecular weight is 331 g/mol. The van der Waals surface area contributed by atoms with Gasteiger partial charge in [-0.05, 0) is 0 Å². The first kappa shape index (κ1) is 13.3. The van der Waals surface area contributed by atoms with E-state index < -0.39 is 22.9 Å². The fourth-order valence-corrected chi connectivity index (χ4v) is 33.7. The minimum absolute atomic E-state index is 0.609. The lowest BCUT2D eigenvalue weighted by Crippen LogP contribution is -2.62. The van der Waals surface area contributed by atoms with Crippen molar-refractivity contribution in [2.24, 2.45) is 0 Å². The van der Waals surface area contributed by atoms with Crippen LogP contribution in [0.2, 0.25) is 45.8 Å². The smallest absolute Gasteiger partial charge is 0.165 e. The second-order valence-electron chi connectivity index (χ2n) is 5.29. The number of nitrogens with zero attached hydrogens (tertiary/aromatic N) is 1. The highest BCUT2D eigenvalue weighted by molar-refractivity contribution is 14.1. The third kappa shape index (κ3) is 4.03. The molecule has 1 unspecified atom stereocenters. The van der Waals surface area contributed by atoms with E-state index in [0.29, 0.717) is 0 Å². The van der Waals surface area contributed by atoms with Gasteiger partial charge in [-0.2, -0.15) is 0 Å². The molecule has 0 rings (SSSR count). The Morgan fingerprint density at radius 1 is 0.917 bits per heavy atom. The molecule has 0 fully saturated rings. The quantitative estimate of drug-likeness (QED) is 0.436. The fraction of sp³-hybridized carbons (Fsp3) is 1.00. The molecular formula is C7H22INSi3. The second kappa shape index (κ2) is 4.24. The van der Waals surface area contributed by atoms with Gasteiger partial charge in [0.15, 0.2) is 6.45 Å². The second-order valence-corrected chi connectivity index (χ2v) is 23.5. The maximum Gasteiger partial charge on any atom is 0.165 e. The van der Waals surface area contributed by atoms with Gasteiger partial charge in [-0.1, -0.05) is 45.8 Å². The summed E-state index contributed by atoms with van der Waals surface area (Å²) in [7, 11) is -2.07. The highest BCUT2D eigenvalue weighted by Gasteiger charge is 2.36. The van der Waals surface area contributed by atoms with Gasteiger partial charge in [-0.3, -0.25) is 0 Å². The van der Waals surface area contributed by atoms with Gasteiger partial charge in [0.1, 0.15) is 16.5 Å². The Morgan fingerprint density at radius 2 is 1.17 bits per heavy atom. The van der Waals surface area contributed by atoms with Crippen LogP contribution in [0.5, 0.6) is 0 Å². The third-order valence-electron chi connectivity index (χ3n) is 1.80. The van der Waals surface area contributed by atoms with Gasteiger partial charge in [0, 0.05) is 0 Å². The summed E-state index contributed by atoms with van der Waals surface area (Å²) >= 11 is 2.69. The number of hydrogen-bond acceptors (Lipinski definition) is 1. The molecule has 1 nitrogen and oxygen atoms in total. The summed E-state index contributed by atoms with van der Waals surface area (Å²) in [6.07, 6.45) is 0. The topological polar surface area (TPSA) is 3.24 Å². The molecule has 0 aliphatic heterocycles. The molecular weight excluding hydrogens is 309 g/mol. The molecule has 0 N–H and O–H groups in total. The molecule has 0 amide bonds. The number of rotatable bonds is 3. The van der Waals surface area contributed by atoms with E-state index in [1.165, 1.54) is 0 Å². The van der Waals surface area contributed by atoms with Crippen LogP contribution in [-0.2, 0) is 0 Å². The van der Waals surface area contributed by atoms with Crippen LogP contribution in [0.1, 0.15) is 0 Å². The predicted octanol–water partition coefficient (Wildman–Crippen LogP) is 3.24. The lowest BCUT2D eigenvalue weighted by Gasteiger charge is -2.45. The number of halogens is 1. The van der Waals surface area contributed by atoms with E-state index in [9.17, 15) is 0 Å². The van der Waals surface area contributed by atoms with Crippen molar-refractivity contribution in [3.63, 3.8) is 0 Å². The standard InChI is InChI=1S/C7H22INSi3/c1-10(8)9(11(2,3)4)12(5,6)7/h10H,1-7H3. The molecule has 0 aliphatic rings. The summed E-state index contributed by atoms with van der Waals surface area (Å²) in [5.74, 6) is 0. The zero-order valence-electron chi connectivity index (χ0n) is 9.40. The Kier molecular flexibility index (Phi) is 4.72. The maximum atomic E-state index is 2.94. The third-order valence-corrected chi connectivity index (χ3v) is 21.2. The average Bonchev–Trinajstić information content (AvgIpc) is 1.49. The Morgan fingerprint density at radius 3 is 1.17 bits per heavy atom. The predicted molar refractivity (Wildman–Crippen MR) is 75.6 cm³/mol. The normalized spacial score (nSPS) is 16.8. The van der Waals surface area contributed by atoms with E-state index in [0.717, 1.165) is 0 Å². The Bertz CT molecular complexity index is 134. The molecule has 0 heterocycles. The maximum absolute atomic E-state index is 2.94. The zero-order chi connectivity index (χ0) is 10.2. The van der Waals surface area contributed by atoms with Crippen molar-refractivity contribution in [2.75, 3.05) is 0 Å². The van der Waals surface area contributed by atoms with Gasteiger partial charge in [0.25, 0.3) is 0 Å². The van der Waals surface area contributed by atoms with E-state index >= 15 is 0 Å². The van der Waals surface area contributed by atoms with Crippen LogP contribution in [0.25, 0.3) is 0 Å². The van der Waals surface area contributed by atoms with Crippen LogP contribution >= 0.6 is 21.8 Å². The summed E-state index contributed by atoms with van der Waals surface area (Å²) < 4.78 is 2.94. The van der Waals surface area contributed by atoms with Gasteiger partial charge in [0.05, 0.1) is 0 Å². The first-order valence-corrected chi connectivity index (χ1v) is 17.2. The molecule has 0 aromatic carbocycles. The van der Waals surface area contributed by atoms with Gasteiger partial charge in [-0.25, -0.2) is 0 Å². The monoisotopic (exact) mass is 331 g/mol. The van der Waals surface area contributed by atoms with Crippen LogP contribution in [-0.4, -0.2) is 26.8 Å². The SMILES string of the molecule is C[SiH](I)N([Si](C)(C)C)[Si](C)(C)C. The van der Waals surface area contributed by atoms with Crippen molar-refractivity contribution < 1.29 is 0 Å². The molecule has 1 atom stereocenters. The first-order valence-electron chi connectivity index (χ1n) is 4.50. The summed E-state index contributed by atoms with van der Waals surface area (Å²) in [5.41, 5.74) is 0. The lowest BCUT2D eigenvalue weighted by molar-refractivity contribution is 0.952. The van der Waals surface area contributed by atoms with Crippen molar-refractivity contribution in [1.82, 2.24) is 3.90 Å². The molecule has 0 radical (unpaired) electrons.